The summed E-state index contributed by atoms with van der Waals surface area (Å²) in [6.07, 6.45) is 1.25. The minimum Gasteiger partial charge on any atom is -0.338 e. The number of hydrogen-bond donors (Lipinski definition) is 1. The summed E-state index contributed by atoms with van der Waals surface area (Å²) in [5.41, 5.74) is 0. The largest absolute Gasteiger partial charge is 0.338 e. The molecule has 0 saturated carbocycles. The highest BCUT2D eigenvalue weighted by atomic mass is 32.2. The van der Waals surface area contributed by atoms with Crippen LogP contribution in [0.15, 0.2) is 0 Å². The third kappa shape index (κ3) is 2.38. The zero-order valence-electron chi connectivity index (χ0n) is 10.4. The fourth-order valence-electron chi connectivity index (χ4n) is 2.76. The lowest BCUT2D eigenvalue weighted by molar-refractivity contribution is -0.138. The first-order valence-electron chi connectivity index (χ1n) is 6.21. The highest BCUT2D eigenvalue weighted by molar-refractivity contribution is 7.99. The Bertz CT molecular complexity index is 266. The van der Waals surface area contributed by atoms with E-state index in [4.69, 9.17) is 0 Å². The van der Waals surface area contributed by atoms with Gasteiger partial charge in [0.05, 0.1) is 6.04 Å². The van der Waals surface area contributed by atoms with Crippen LogP contribution in [-0.2, 0) is 4.79 Å². The van der Waals surface area contributed by atoms with Crippen molar-refractivity contribution in [2.24, 2.45) is 11.8 Å². The highest BCUT2D eigenvalue weighted by Crippen LogP contribution is 2.28. The number of rotatable bonds is 1. The first-order chi connectivity index (χ1) is 7.59. The van der Waals surface area contributed by atoms with Crippen LogP contribution >= 0.6 is 11.8 Å². The van der Waals surface area contributed by atoms with E-state index in [1.807, 2.05) is 11.8 Å². The second-order valence-corrected chi connectivity index (χ2v) is 6.35. The Labute approximate surface area is 102 Å². The summed E-state index contributed by atoms with van der Waals surface area (Å²) in [5.74, 6) is 3.44. The molecule has 3 nitrogen and oxygen atoms in total. The molecule has 2 rings (SSSR count). The molecule has 0 aliphatic carbocycles. The maximum atomic E-state index is 12.4. The second-order valence-electron chi connectivity index (χ2n) is 5.32. The average Bonchev–Trinajstić information content (AvgIpc) is 2.75. The van der Waals surface area contributed by atoms with Gasteiger partial charge in [-0.1, -0.05) is 13.8 Å². The number of hydrogen-bond acceptors (Lipinski definition) is 3. The van der Waals surface area contributed by atoms with Gasteiger partial charge in [0.2, 0.25) is 5.91 Å². The zero-order chi connectivity index (χ0) is 11.7. The lowest BCUT2D eigenvalue weighted by atomic mass is 9.85. The molecule has 2 fully saturated rings. The van der Waals surface area contributed by atoms with E-state index in [2.05, 4.69) is 31.0 Å². The van der Waals surface area contributed by atoms with Gasteiger partial charge in [-0.2, -0.15) is 0 Å². The first kappa shape index (κ1) is 12.2. The van der Waals surface area contributed by atoms with Gasteiger partial charge < -0.3 is 4.90 Å². The van der Waals surface area contributed by atoms with Crippen LogP contribution in [0.4, 0.5) is 0 Å². The van der Waals surface area contributed by atoms with Crippen molar-refractivity contribution in [1.82, 2.24) is 10.2 Å². The summed E-state index contributed by atoms with van der Waals surface area (Å²) < 4.78 is 0. The molecule has 4 unspecified atom stereocenters. The molecule has 0 spiro atoms. The lowest BCUT2D eigenvalue weighted by Crippen LogP contribution is -2.54. The Balaban J connectivity index is 2.03. The number of likely N-dealkylation sites (tertiary alicyclic amines) is 1. The standard InChI is InChI=1S/C12H22N2OS/c1-8-4-9(2)10(3)14(5-8)12(15)11-6-16-7-13-11/h8-11,13H,4-7H2,1-3H3. The summed E-state index contributed by atoms with van der Waals surface area (Å²) in [5, 5.41) is 3.28. The quantitative estimate of drug-likeness (QED) is 0.757. The van der Waals surface area contributed by atoms with E-state index < -0.39 is 0 Å². The molecule has 2 saturated heterocycles. The smallest absolute Gasteiger partial charge is 0.240 e. The van der Waals surface area contributed by atoms with Crippen molar-refractivity contribution in [3.8, 4) is 0 Å². The van der Waals surface area contributed by atoms with Crippen molar-refractivity contribution in [3.63, 3.8) is 0 Å². The van der Waals surface area contributed by atoms with Crippen molar-refractivity contribution in [2.45, 2.75) is 39.3 Å². The Hall–Kier alpha value is -0.220. The first-order valence-corrected chi connectivity index (χ1v) is 7.36. The molecule has 1 amide bonds. The number of carbonyl (C=O) groups is 1. The van der Waals surface area contributed by atoms with E-state index in [0.29, 0.717) is 23.8 Å². The average molecular weight is 242 g/mol. The van der Waals surface area contributed by atoms with Crippen LogP contribution in [-0.4, -0.2) is 41.1 Å². The van der Waals surface area contributed by atoms with Crippen LogP contribution in [0.25, 0.3) is 0 Å². The zero-order valence-corrected chi connectivity index (χ0v) is 11.2. The topological polar surface area (TPSA) is 32.3 Å². The third-order valence-corrected chi connectivity index (χ3v) is 4.83. The number of nitrogens with zero attached hydrogens (tertiary/aromatic N) is 1. The fraction of sp³-hybridized carbons (Fsp3) is 0.917. The summed E-state index contributed by atoms with van der Waals surface area (Å²) in [6, 6.07) is 0.459. The Morgan fingerprint density at radius 1 is 1.38 bits per heavy atom. The van der Waals surface area contributed by atoms with E-state index in [0.717, 1.165) is 18.2 Å². The predicted molar refractivity (Wildman–Crippen MR) is 68.4 cm³/mol. The summed E-state index contributed by atoms with van der Waals surface area (Å²) in [6.45, 7) is 7.64. The molecule has 16 heavy (non-hydrogen) atoms. The van der Waals surface area contributed by atoms with Crippen LogP contribution < -0.4 is 5.32 Å². The Morgan fingerprint density at radius 3 is 2.75 bits per heavy atom. The van der Waals surface area contributed by atoms with Gasteiger partial charge in [-0.25, -0.2) is 0 Å². The molecule has 2 heterocycles. The molecule has 2 aliphatic heterocycles. The number of nitrogens with one attached hydrogen (secondary N) is 1. The molecule has 4 atom stereocenters. The van der Waals surface area contributed by atoms with Crippen molar-refractivity contribution >= 4 is 17.7 Å². The van der Waals surface area contributed by atoms with Gasteiger partial charge in [-0.05, 0) is 25.2 Å². The maximum Gasteiger partial charge on any atom is 0.240 e. The second kappa shape index (κ2) is 4.96. The van der Waals surface area contributed by atoms with Crippen LogP contribution in [0, 0.1) is 11.8 Å². The number of thioether (sulfide) groups is 1. The van der Waals surface area contributed by atoms with Crippen LogP contribution in [0.3, 0.4) is 0 Å². The summed E-state index contributed by atoms with van der Waals surface area (Å²) in [7, 11) is 0. The van der Waals surface area contributed by atoms with Crippen molar-refractivity contribution < 1.29 is 4.79 Å². The Kier molecular flexibility index (Phi) is 3.80. The molecular formula is C12H22N2OS. The number of carbonyl (C=O) groups excluding carboxylic acids is 1. The van der Waals surface area contributed by atoms with Gasteiger partial charge in [0, 0.05) is 24.2 Å². The molecular weight excluding hydrogens is 220 g/mol. The van der Waals surface area contributed by atoms with Crippen molar-refractivity contribution in [2.75, 3.05) is 18.2 Å². The van der Waals surface area contributed by atoms with E-state index in [-0.39, 0.29) is 6.04 Å². The van der Waals surface area contributed by atoms with E-state index in [9.17, 15) is 4.79 Å². The third-order valence-electron chi connectivity index (χ3n) is 3.90. The Morgan fingerprint density at radius 2 is 2.12 bits per heavy atom. The molecule has 0 radical (unpaired) electrons. The molecule has 0 bridgehead atoms. The van der Waals surface area contributed by atoms with E-state index >= 15 is 0 Å². The predicted octanol–water partition coefficient (Wildman–Crippen LogP) is 1.54. The van der Waals surface area contributed by atoms with Gasteiger partial charge in [0.15, 0.2) is 0 Å². The minimum atomic E-state index is 0.0601. The van der Waals surface area contributed by atoms with Crippen LogP contribution in [0.2, 0.25) is 0 Å². The SMILES string of the molecule is CC1CC(C)C(C)N(C(=O)C2CSCN2)C1. The monoisotopic (exact) mass is 242 g/mol. The van der Waals surface area contributed by atoms with Gasteiger partial charge in [-0.3, -0.25) is 10.1 Å². The lowest BCUT2D eigenvalue weighted by Gasteiger charge is -2.42. The number of piperidine rings is 1. The van der Waals surface area contributed by atoms with Crippen molar-refractivity contribution in [1.29, 1.82) is 0 Å². The molecule has 92 valence electrons. The summed E-state index contributed by atoms with van der Waals surface area (Å²) >= 11 is 1.82. The minimum absolute atomic E-state index is 0.0601. The van der Waals surface area contributed by atoms with Gasteiger partial charge in [-0.15, -0.1) is 11.8 Å². The van der Waals surface area contributed by atoms with Gasteiger partial charge in [0.1, 0.15) is 0 Å². The van der Waals surface area contributed by atoms with Gasteiger partial charge >= 0.3 is 0 Å². The normalized spacial score (nSPS) is 40.1. The molecule has 4 heteroatoms. The van der Waals surface area contributed by atoms with Crippen LogP contribution in [0.1, 0.15) is 27.2 Å². The van der Waals surface area contributed by atoms with E-state index in [1.54, 1.807) is 0 Å². The highest BCUT2D eigenvalue weighted by Gasteiger charge is 2.35. The number of amides is 1. The molecule has 2 aliphatic rings. The summed E-state index contributed by atoms with van der Waals surface area (Å²) in [4.78, 5) is 14.5. The fourth-order valence-corrected chi connectivity index (χ4v) is 3.69. The molecule has 0 aromatic rings. The maximum absolute atomic E-state index is 12.4. The molecule has 0 aromatic carbocycles. The van der Waals surface area contributed by atoms with Gasteiger partial charge in [0.25, 0.3) is 0 Å². The van der Waals surface area contributed by atoms with Crippen molar-refractivity contribution in [3.05, 3.63) is 0 Å². The van der Waals surface area contributed by atoms with E-state index in [1.165, 1.54) is 6.42 Å². The molecule has 1 N–H and O–H groups in total. The van der Waals surface area contributed by atoms with Crippen LogP contribution in [0.5, 0.6) is 0 Å². The molecule has 0 aromatic heterocycles.